The van der Waals surface area contributed by atoms with E-state index >= 15 is 0 Å². The smallest absolute Gasteiger partial charge is 0.272 e. The Kier molecular flexibility index (Phi) is 8.39. The van der Waals surface area contributed by atoms with Crippen molar-refractivity contribution in [3.63, 3.8) is 0 Å². The molecule has 16 heteroatoms. The van der Waals surface area contributed by atoms with Gasteiger partial charge in [-0.3, -0.25) is 24.6 Å². The number of guanidine groups is 1. The number of carbonyl (C=O) groups is 4. The van der Waals surface area contributed by atoms with Crippen LogP contribution < -0.4 is 38.5 Å². The van der Waals surface area contributed by atoms with Gasteiger partial charge in [-0.25, -0.2) is 4.99 Å². The van der Waals surface area contributed by atoms with Crippen molar-refractivity contribution in [2.75, 3.05) is 29.0 Å². The number of aryl methyl sites for hydroxylation is 3. The molecule has 3 aromatic heterocycles. The summed E-state index contributed by atoms with van der Waals surface area (Å²) in [6.07, 6.45) is 4.69. The summed E-state index contributed by atoms with van der Waals surface area (Å²) in [5.74, 6) is -2.24. The number of anilines is 3. The van der Waals surface area contributed by atoms with Gasteiger partial charge in [0, 0.05) is 39.7 Å². The molecule has 4 amide bonds. The Morgan fingerprint density at radius 3 is 1.56 bits per heavy atom. The number of amidine groups is 1. The number of hydrogen-bond donors (Lipinski definition) is 8. The number of aliphatic imine (C=N–C) groups is 1. The third-order valence-electron chi connectivity index (χ3n) is 5.36. The molecule has 0 saturated carbocycles. The predicted molar refractivity (Wildman–Crippen MR) is 146 cm³/mol. The molecule has 16 nitrogen and oxygen atoms in total. The first-order chi connectivity index (χ1) is 18.3. The quantitative estimate of drug-likeness (QED) is 0.119. The molecule has 0 unspecified atom stereocenters. The van der Waals surface area contributed by atoms with E-state index in [2.05, 4.69) is 26.3 Å². The van der Waals surface area contributed by atoms with Crippen LogP contribution >= 0.6 is 0 Å². The van der Waals surface area contributed by atoms with Crippen LogP contribution in [-0.2, 0) is 25.9 Å². The van der Waals surface area contributed by atoms with E-state index < -0.39 is 23.6 Å². The van der Waals surface area contributed by atoms with Gasteiger partial charge in [-0.05, 0) is 18.2 Å². The van der Waals surface area contributed by atoms with Crippen LogP contribution in [0.15, 0.2) is 41.8 Å². The van der Waals surface area contributed by atoms with E-state index in [4.69, 9.17) is 22.6 Å². The zero-order chi connectivity index (χ0) is 28.9. The first-order valence-corrected chi connectivity index (χ1v) is 11.4. The first-order valence-electron chi connectivity index (χ1n) is 11.4. The minimum Gasteiger partial charge on any atom is -0.386 e. The van der Waals surface area contributed by atoms with Gasteiger partial charge in [-0.2, -0.15) is 0 Å². The third kappa shape index (κ3) is 7.25. The Hall–Kier alpha value is -5.54. The fraction of sp³-hybridized carbons (Fsp3) is 0.217. The molecule has 0 saturated heterocycles. The molecule has 0 fully saturated rings. The summed E-state index contributed by atoms with van der Waals surface area (Å²) in [6.45, 7) is -0.355. The van der Waals surface area contributed by atoms with Crippen LogP contribution in [0.25, 0.3) is 0 Å². The summed E-state index contributed by atoms with van der Waals surface area (Å²) < 4.78 is 4.59. The minimum absolute atomic E-state index is 0.0956. The second kappa shape index (κ2) is 11.7. The van der Waals surface area contributed by atoms with Gasteiger partial charge in [0.25, 0.3) is 17.7 Å². The summed E-state index contributed by atoms with van der Waals surface area (Å²) in [6, 6.07) is 4.47. The molecule has 3 rings (SSSR count). The fourth-order valence-electron chi connectivity index (χ4n) is 3.60. The van der Waals surface area contributed by atoms with Crippen molar-refractivity contribution >= 4 is 52.5 Å². The molecule has 206 valence electrons. The fourth-order valence-corrected chi connectivity index (χ4v) is 3.60. The number of carbonyl (C=O) groups excluding carboxylic acids is 4. The molecule has 0 atom stereocenters. The summed E-state index contributed by atoms with van der Waals surface area (Å²) in [5, 5.41) is 17.8. The minimum atomic E-state index is -0.469. The largest absolute Gasteiger partial charge is 0.386 e. The van der Waals surface area contributed by atoms with E-state index in [1.807, 2.05) is 0 Å². The first kappa shape index (κ1) is 28.0. The average molecular weight is 539 g/mol. The van der Waals surface area contributed by atoms with E-state index in [1.165, 1.54) is 31.9 Å². The van der Waals surface area contributed by atoms with Gasteiger partial charge in [0.2, 0.25) is 5.91 Å². The highest BCUT2D eigenvalue weighted by atomic mass is 16.2. The van der Waals surface area contributed by atoms with Crippen molar-refractivity contribution in [3.8, 4) is 0 Å². The number of amides is 4. The SMILES string of the molecule is Cn1cc(NC(=O)c2cc(NC(=O)c3cc(NC(=O)CN=C(N)N)cn3C)cn2C)cc1C(=O)NCC(=N)N. The predicted octanol–water partition coefficient (Wildman–Crippen LogP) is -0.916. The standard InChI is InChI=1S/C23H30N12O4/c1-33-10-13(5-15(33)20(37)28-7-18(24)25)31-22(39)17-6-14(11-35(17)3)32-21(38)16-4-12(9-34(16)2)30-19(36)8-29-23(26)27/h4-6,9-11H,7-8H2,1-3H3,(H3,24,25)(H,28,37)(H,30,36)(H,31,39)(H,32,38)(H4,26,27,29). The second-order valence-electron chi connectivity index (χ2n) is 8.58. The Bertz CT molecular complexity index is 1470. The lowest BCUT2D eigenvalue weighted by atomic mass is 10.3. The molecule has 3 heterocycles. The van der Waals surface area contributed by atoms with Crippen molar-refractivity contribution in [2.24, 2.45) is 43.3 Å². The van der Waals surface area contributed by atoms with Crippen molar-refractivity contribution in [1.82, 2.24) is 19.0 Å². The van der Waals surface area contributed by atoms with E-state index in [1.54, 1.807) is 39.7 Å². The summed E-state index contributed by atoms with van der Waals surface area (Å²) in [5.41, 5.74) is 17.6. The van der Waals surface area contributed by atoms with E-state index in [9.17, 15) is 19.2 Å². The highest BCUT2D eigenvalue weighted by Gasteiger charge is 2.19. The molecule has 39 heavy (non-hydrogen) atoms. The van der Waals surface area contributed by atoms with E-state index in [-0.39, 0.29) is 42.0 Å². The molecule has 0 aliphatic rings. The molecule has 0 aromatic carbocycles. The van der Waals surface area contributed by atoms with Crippen molar-refractivity contribution in [3.05, 3.63) is 53.9 Å². The Labute approximate surface area is 222 Å². The van der Waals surface area contributed by atoms with Crippen LogP contribution in [0.4, 0.5) is 17.1 Å². The van der Waals surface area contributed by atoms with Gasteiger partial charge in [-0.15, -0.1) is 0 Å². The van der Waals surface area contributed by atoms with Crippen LogP contribution in [0.3, 0.4) is 0 Å². The lowest BCUT2D eigenvalue weighted by Crippen LogP contribution is -2.33. The second-order valence-corrected chi connectivity index (χ2v) is 8.58. The lowest BCUT2D eigenvalue weighted by molar-refractivity contribution is -0.114. The maximum absolute atomic E-state index is 12.9. The van der Waals surface area contributed by atoms with Crippen LogP contribution in [0.2, 0.25) is 0 Å². The van der Waals surface area contributed by atoms with Crippen LogP contribution in [0.5, 0.6) is 0 Å². The number of nitrogens with zero attached hydrogens (tertiary/aromatic N) is 4. The third-order valence-corrected chi connectivity index (χ3v) is 5.36. The number of rotatable bonds is 10. The Morgan fingerprint density at radius 1 is 0.744 bits per heavy atom. The molecule has 0 spiro atoms. The summed E-state index contributed by atoms with van der Waals surface area (Å²) in [4.78, 5) is 53.6. The monoisotopic (exact) mass is 538 g/mol. The summed E-state index contributed by atoms with van der Waals surface area (Å²) >= 11 is 0. The molecule has 3 aromatic rings. The van der Waals surface area contributed by atoms with Gasteiger partial charge in [-0.1, -0.05) is 0 Å². The normalized spacial score (nSPS) is 10.4. The number of nitrogens with one attached hydrogen (secondary N) is 5. The molecular formula is C23H30N12O4. The molecule has 0 aliphatic heterocycles. The van der Waals surface area contributed by atoms with Gasteiger partial charge in [0.1, 0.15) is 29.5 Å². The van der Waals surface area contributed by atoms with Gasteiger partial charge >= 0.3 is 0 Å². The topological polar surface area (TPSA) is 245 Å². The molecular weight excluding hydrogens is 508 g/mol. The van der Waals surface area contributed by atoms with Gasteiger partial charge in [0.15, 0.2) is 5.96 Å². The molecule has 0 radical (unpaired) electrons. The number of hydrogen-bond acceptors (Lipinski definition) is 6. The van der Waals surface area contributed by atoms with Crippen LogP contribution in [0, 0.1) is 5.41 Å². The van der Waals surface area contributed by atoms with Crippen LogP contribution in [0.1, 0.15) is 31.5 Å². The zero-order valence-corrected chi connectivity index (χ0v) is 21.5. The number of aromatic nitrogens is 3. The number of nitrogens with two attached hydrogens (primary N) is 3. The zero-order valence-electron chi connectivity index (χ0n) is 21.5. The Balaban J connectivity index is 1.66. The van der Waals surface area contributed by atoms with Gasteiger partial charge < -0.3 is 52.2 Å². The average Bonchev–Trinajstić information content (AvgIpc) is 3.51. The van der Waals surface area contributed by atoms with E-state index in [0.717, 1.165) is 0 Å². The Morgan fingerprint density at radius 2 is 1.15 bits per heavy atom. The van der Waals surface area contributed by atoms with Crippen molar-refractivity contribution in [2.45, 2.75) is 0 Å². The maximum Gasteiger partial charge on any atom is 0.272 e. The van der Waals surface area contributed by atoms with Crippen molar-refractivity contribution in [1.29, 1.82) is 5.41 Å². The highest BCUT2D eigenvalue weighted by molar-refractivity contribution is 6.08. The molecule has 0 aliphatic carbocycles. The maximum atomic E-state index is 12.9. The van der Waals surface area contributed by atoms with Crippen molar-refractivity contribution < 1.29 is 19.2 Å². The molecule has 0 bridgehead atoms. The van der Waals surface area contributed by atoms with Crippen LogP contribution in [-0.4, -0.2) is 62.2 Å². The highest BCUT2D eigenvalue weighted by Crippen LogP contribution is 2.19. The molecule has 11 N–H and O–H groups in total. The lowest BCUT2D eigenvalue weighted by Gasteiger charge is -2.04. The van der Waals surface area contributed by atoms with Gasteiger partial charge in [0.05, 0.1) is 23.6 Å². The van der Waals surface area contributed by atoms with E-state index in [0.29, 0.717) is 17.1 Å². The summed E-state index contributed by atoms with van der Waals surface area (Å²) in [7, 11) is 4.92.